The molecule has 0 unspecified atom stereocenters. The number of benzene rings is 1. The van der Waals surface area contributed by atoms with E-state index in [1.54, 1.807) is 19.1 Å². The Bertz CT molecular complexity index is 1130. The molecule has 0 radical (unpaired) electrons. The van der Waals surface area contributed by atoms with Gasteiger partial charge in [-0.1, -0.05) is 12.8 Å². The van der Waals surface area contributed by atoms with Crippen molar-refractivity contribution in [2.45, 2.75) is 82.3 Å². The van der Waals surface area contributed by atoms with Gasteiger partial charge in [-0.15, -0.1) is 4.40 Å². The SMILES string of the molecule is C[C@H](OC(=O)c1ccc2c(c1)S(=O)(=O)N=C1CCCCCN12)C(=O)N[C@H](C)[C@H]1C[C@H]2CC[C@H]1C2. The molecule has 5 atom stereocenters. The smallest absolute Gasteiger partial charge is 0.338 e. The number of fused-ring (bicyclic) bond motifs is 5. The lowest BCUT2D eigenvalue weighted by atomic mass is 9.84. The number of carbonyl (C=O) groups excluding carboxylic acids is 2. The van der Waals surface area contributed by atoms with Crippen molar-refractivity contribution in [3.05, 3.63) is 23.8 Å². The number of carbonyl (C=O) groups is 2. The number of amidine groups is 1. The van der Waals surface area contributed by atoms with Crippen molar-refractivity contribution in [2.75, 3.05) is 11.4 Å². The molecule has 9 heteroatoms. The molecule has 2 aliphatic heterocycles. The van der Waals surface area contributed by atoms with Gasteiger partial charge in [-0.2, -0.15) is 8.42 Å². The van der Waals surface area contributed by atoms with Gasteiger partial charge in [0.05, 0.1) is 11.3 Å². The molecule has 34 heavy (non-hydrogen) atoms. The van der Waals surface area contributed by atoms with Gasteiger partial charge < -0.3 is 15.0 Å². The molecule has 2 aliphatic carbocycles. The molecule has 184 valence electrons. The molecule has 5 rings (SSSR count). The van der Waals surface area contributed by atoms with E-state index in [4.69, 9.17) is 4.74 Å². The Labute approximate surface area is 201 Å². The number of hydrogen-bond acceptors (Lipinski definition) is 6. The van der Waals surface area contributed by atoms with Crippen LogP contribution >= 0.6 is 0 Å². The van der Waals surface area contributed by atoms with Crippen LogP contribution in [0.5, 0.6) is 0 Å². The van der Waals surface area contributed by atoms with Gasteiger partial charge in [-0.25, -0.2) is 4.79 Å². The number of sulfonamides is 1. The summed E-state index contributed by atoms with van der Waals surface area (Å²) >= 11 is 0. The van der Waals surface area contributed by atoms with Gasteiger partial charge in [0.1, 0.15) is 10.7 Å². The van der Waals surface area contributed by atoms with Crippen molar-refractivity contribution in [3.8, 4) is 0 Å². The molecule has 0 aromatic heterocycles. The third kappa shape index (κ3) is 4.34. The van der Waals surface area contributed by atoms with E-state index in [2.05, 4.69) is 9.71 Å². The molecule has 2 heterocycles. The maximum absolute atomic E-state index is 12.8. The van der Waals surface area contributed by atoms with E-state index < -0.39 is 22.1 Å². The van der Waals surface area contributed by atoms with E-state index in [0.717, 1.165) is 31.6 Å². The van der Waals surface area contributed by atoms with Crippen LogP contribution in [0.15, 0.2) is 27.5 Å². The van der Waals surface area contributed by atoms with Crippen LogP contribution in [0.25, 0.3) is 0 Å². The van der Waals surface area contributed by atoms with Crippen LogP contribution in [-0.2, 0) is 19.6 Å². The standard InChI is InChI=1S/C25H33N3O5S/c1-15(20-13-17-7-8-18(20)12-17)26-24(29)16(2)33-25(30)19-9-10-21-22(14-19)34(31,32)27-23-6-4-3-5-11-28(21)23/h9-10,14-18,20H,3-8,11-13H2,1-2H3,(H,26,29)/t15-,16+,17+,18+,20-/m1/s1. The number of anilines is 1. The second-order valence-electron chi connectivity index (χ2n) is 10.3. The minimum Gasteiger partial charge on any atom is -0.449 e. The van der Waals surface area contributed by atoms with Crippen molar-refractivity contribution in [2.24, 2.45) is 22.2 Å². The zero-order chi connectivity index (χ0) is 24.0. The van der Waals surface area contributed by atoms with Gasteiger partial charge in [0.15, 0.2) is 6.10 Å². The first-order chi connectivity index (χ1) is 16.2. The molecule has 0 spiro atoms. The van der Waals surface area contributed by atoms with E-state index in [-0.39, 0.29) is 22.4 Å². The highest BCUT2D eigenvalue weighted by Gasteiger charge is 2.42. The molecule has 3 fully saturated rings. The normalized spacial score (nSPS) is 28.7. The molecule has 4 aliphatic rings. The maximum Gasteiger partial charge on any atom is 0.338 e. The van der Waals surface area contributed by atoms with Crippen LogP contribution in [0.1, 0.15) is 75.6 Å². The van der Waals surface area contributed by atoms with Gasteiger partial charge in [0.25, 0.3) is 15.9 Å². The Hall–Kier alpha value is -2.42. The highest BCUT2D eigenvalue weighted by molar-refractivity contribution is 7.90. The minimum absolute atomic E-state index is 0.00890. The van der Waals surface area contributed by atoms with Gasteiger partial charge in [0, 0.05) is 19.0 Å². The maximum atomic E-state index is 12.8. The molecule has 1 amide bonds. The van der Waals surface area contributed by atoms with E-state index in [0.29, 0.717) is 36.3 Å². The van der Waals surface area contributed by atoms with Crippen molar-refractivity contribution >= 4 is 33.4 Å². The van der Waals surface area contributed by atoms with Crippen LogP contribution < -0.4 is 10.2 Å². The third-order valence-corrected chi connectivity index (χ3v) is 9.38. The summed E-state index contributed by atoms with van der Waals surface area (Å²) in [4.78, 5) is 27.4. The number of nitrogens with zero attached hydrogens (tertiary/aromatic N) is 2. The second kappa shape index (κ2) is 8.98. The Morgan fingerprint density at radius 1 is 1.15 bits per heavy atom. The number of ether oxygens (including phenoxy) is 1. The topological polar surface area (TPSA) is 105 Å². The molecule has 1 saturated heterocycles. The van der Waals surface area contributed by atoms with Gasteiger partial charge >= 0.3 is 5.97 Å². The van der Waals surface area contributed by atoms with Crippen molar-refractivity contribution in [1.29, 1.82) is 0 Å². The largest absolute Gasteiger partial charge is 0.449 e. The molecular formula is C25H33N3O5S. The lowest BCUT2D eigenvalue weighted by Crippen LogP contribution is -2.45. The average Bonchev–Trinajstić information content (AvgIpc) is 3.36. The summed E-state index contributed by atoms with van der Waals surface area (Å²) in [5, 5.41) is 3.03. The summed E-state index contributed by atoms with van der Waals surface area (Å²) in [5.41, 5.74) is 0.644. The molecule has 8 nitrogen and oxygen atoms in total. The third-order valence-electron chi connectivity index (χ3n) is 8.04. The van der Waals surface area contributed by atoms with Crippen LogP contribution in [0, 0.1) is 17.8 Å². The van der Waals surface area contributed by atoms with Gasteiger partial charge in [-0.05, 0) is 81.9 Å². The molecule has 2 saturated carbocycles. The zero-order valence-corrected chi connectivity index (χ0v) is 20.6. The molecule has 1 N–H and O–H groups in total. The van der Waals surface area contributed by atoms with Crippen molar-refractivity contribution in [1.82, 2.24) is 5.32 Å². The van der Waals surface area contributed by atoms with Gasteiger partial charge in [-0.3, -0.25) is 4.79 Å². The monoisotopic (exact) mass is 487 g/mol. The Balaban J connectivity index is 1.26. The van der Waals surface area contributed by atoms with Crippen LogP contribution in [0.3, 0.4) is 0 Å². The summed E-state index contributed by atoms with van der Waals surface area (Å²) in [5.74, 6) is 1.48. The summed E-state index contributed by atoms with van der Waals surface area (Å²) in [7, 11) is -3.90. The fourth-order valence-corrected chi connectivity index (χ4v) is 7.53. The molecule has 1 aromatic carbocycles. The minimum atomic E-state index is -3.90. The number of nitrogens with one attached hydrogen (secondary N) is 1. The fourth-order valence-electron chi connectivity index (χ4n) is 6.24. The van der Waals surface area contributed by atoms with E-state index >= 15 is 0 Å². The second-order valence-corrected chi connectivity index (χ2v) is 11.9. The fraction of sp³-hybridized carbons (Fsp3) is 0.640. The number of rotatable bonds is 5. The predicted molar refractivity (Wildman–Crippen MR) is 128 cm³/mol. The first-order valence-electron chi connectivity index (χ1n) is 12.5. The van der Waals surface area contributed by atoms with Gasteiger partial charge in [0.2, 0.25) is 0 Å². The summed E-state index contributed by atoms with van der Waals surface area (Å²) in [6.07, 6.45) is 7.49. The first-order valence-corrected chi connectivity index (χ1v) is 13.9. The summed E-state index contributed by atoms with van der Waals surface area (Å²) in [6.45, 7) is 4.27. The average molecular weight is 488 g/mol. The van der Waals surface area contributed by atoms with Crippen LogP contribution in [0.2, 0.25) is 0 Å². The predicted octanol–water partition coefficient (Wildman–Crippen LogP) is 3.65. The number of amides is 1. The van der Waals surface area contributed by atoms with E-state index in [1.165, 1.54) is 25.3 Å². The lowest BCUT2D eigenvalue weighted by Gasteiger charge is -2.30. The van der Waals surface area contributed by atoms with E-state index in [9.17, 15) is 18.0 Å². The molecule has 2 bridgehead atoms. The highest BCUT2D eigenvalue weighted by Crippen LogP contribution is 2.49. The Kier molecular flexibility index (Phi) is 6.16. The van der Waals surface area contributed by atoms with Crippen LogP contribution in [0.4, 0.5) is 5.69 Å². The first kappa shape index (κ1) is 23.3. The molecular weight excluding hydrogens is 454 g/mol. The number of esters is 1. The zero-order valence-electron chi connectivity index (χ0n) is 19.8. The van der Waals surface area contributed by atoms with Crippen molar-refractivity contribution < 1.29 is 22.7 Å². The Morgan fingerprint density at radius 3 is 2.71 bits per heavy atom. The van der Waals surface area contributed by atoms with E-state index in [1.807, 2.05) is 11.8 Å². The van der Waals surface area contributed by atoms with Crippen molar-refractivity contribution in [3.63, 3.8) is 0 Å². The Morgan fingerprint density at radius 2 is 1.97 bits per heavy atom. The highest BCUT2D eigenvalue weighted by atomic mass is 32.2. The number of hydrogen-bond donors (Lipinski definition) is 1. The quantitative estimate of drug-likeness (QED) is 0.636. The lowest BCUT2D eigenvalue weighted by molar-refractivity contribution is -0.130. The molecule has 1 aromatic rings. The van der Waals surface area contributed by atoms with Crippen LogP contribution in [-0.4, -0.2) is 44.8 Å². The summed E-state index contributed by atoms with van der Waals surface area (Å²) < 4.78 is 35.1. The summed E-state index contributed by atoms with van der Waals surface area (Å²) in [6, 6.07) is 4.57.